The summed E-state index contributed by atoms with van der Waals surface area (Å²) in [5, 5.41) is 11.5. The van der Waals surface area contributed by atoms with Gasteiger partial charge >= 0.3 is 0 Å². The minimum atomic E-state index is 0.781. The fourth-order valence-corrected chi connectivity index (χ4v) is 2.77. The topological polar surface area (TPSA) is 30.2 Å². The highest BCUT2D eigenvalue weighted by atomic mass is 32.2. The summed E-state index contributed by atoms with van der Waals surface area (Å²) >= 11 is 2.00. The van der Waals surface area contributed by atoms with Gasteiger partial charge in [0.15, 0.2) is 11.4 Å². The number of thioether (sulfide) groups is 1. The lowest BCUT2D eigenvalue weighted by Crippen LogP contribution is -2.37. The largest absolute Gasteiger partial charge is 0.618 e. The van der Waals surface area contributed by atoms with Crippen LogP contribution in [-0.4, -0.2) is 24.6 Å². The molecule has 0 aromatic carbocycles. The Morgan fingerprint density at radius 3 is 2.27 bits per heavy atom. The molecule has 1 fully saturated rings. The smallest absolute Gasteiger partial charge is 0.191 e. The zero-order valence-electron chi connectivity index (χ0n) is 9.19. The average molecular weight is 224 g/mol. The summed E-state index contributed by atoms with van der Waals surface area (Å²) < 4.78 is 0.988. The van der Waals surface area contributed by atoms with Crippen LogP contribution in [0.15, 0.2) is 12.1 Å². The van der Waals surface area contributed by atoms with Crippen molar-refractivity contribution in [2.45, 2.75) is 13.8 Å². The average Bonchev–Trinajstić information content (AvgIpc) is 2.26. The minimum Gasteiger partial charge on any atom is -0.618 e. The Hall–Kier alpha value is -0.900. The van der Waals surface area contributed by atoms with E-state index < -0.39 is 0 Å². The third-order valence-electron chi connectivity index (χ3n) is 2.73. The molecule has 0 unspecified atom stereocenters. The molecule has 0 saturated carbocycles. The van der Waals surface area contributed by atoms with Crippen LogP contribution in [0.2, 0.25) is 0 Å². The monoisotopic (exact) mass is 224 g/mol. The zero-order valence-corrected chi connectivity index (χ0v) is 10.0. The molecule has 0 N–H and O–H groups in total. The van der Waals surface area contributed by atoms with E-state index in [1.807, 2.05) is 37.7 Å². The van der Waals surface area contributed by atoms with Gasteiger partial charge in [-0.15, -0.1) is 0 Å². The molecule has 1 aliphatic heterocycles. The van der Waals surface area contributed by atoms with Crippen molar-refractivity contribution >= 4 is 17.4 Å². The molecule has 1 saturated heterocycles. The van der Waals surface area contributed by atoms with Crippen LogP contribution >= 0.6 is 11.8 Å². The molecule has 0 amide bonds. The molecule has 0 radical (unpaired) electrons. The number of rotatable bonds is 1. The van der Waals surface area contributed by atoms with Crippen molar-refractivity contribution in [2.24, 2.45) is 0 Å². The van der Waals surface area contributed by atoms with Crippen molar-refractivity contribution in [3.63, 3.8) is 0 Å². The van der Waals surface area contributed by atoms with Gasteiger partial charge in [0, 0.05) is 56.3 Å². The Morgan fingerprint density at radius 2 is 1.73 bits per heavy atom. The van der Waals surface area contributed by atoms with Gasteiger partial charge in [0.05, 0.1) is 0 Å². The van der Waals surface area contributed by atoms with E-state index in [-0.39, 0.29) is 0 Å². The molecule has 3 nitrogen and oxygen atoms in total. The molecule has 82 valence electrons. The van der Waals surface area contributed by atoms with Crippen LogP contribution in [-0.2, 0) is 0 Å². The van der Waals surface area contributed by atoms with Crippen molar-refractivity contribution in [1.82, 2.24) is 0 Å². The molecule has 0 atom stereocenters. The van der Waals surface area contributed by atoms with E-state index in [2.05, 4.69) is 4.90 Å². The summed E-state index contributed by atoms with van der Waals surface area (Å²) in [6, 6.07) is 3.96. The number of hydrogen-bond acceptors (Lipinski definition) is 3. The summed E-state index contributed by atoms with van der Waals surface area (Å²) in [7, 11) is 0. The van der Waals surface area contributed by atoms with E-state index in [1.54, 1.807) is 0 Å². The fraction of sp³-hybridized carbons (Fsp3) is 0.545. The highest BCUT2D eigenvalue weighted by Crippen LogP contribution is 2.19. The Bertz CT molecular complexity index is 339. The predicted octanol–water partition coefficient (Wildman–Crippen LogP) is 1.49. The van der Waals surface area contributed by atoms with Crippen molar-refractivity contribution in [2.75, 3.05) is 29.5 Å². The third kappa shape index (κ3) is 2.20. The van der Waals surface area contributed by atoms with Gasteiger partial charge < -0.3 is 10.1 Å². The number of anilines is 1. The first kappa shape index (κ1) is 10.6. The van der Waals surface area contributed by atoms with Crippen LogP contribution in [0, 0.1) is 19.1 Å². The first-order valence-electron chi connectivity index (χ1n) is 5.22. The molecule has 1 aromatic heterocycles. The summed E-state index contributed by atoms with van der Waals surface area (Å²) in [5.74, 6) is 2.37. The Morgan fingerprint density at radius 1 is 1.20 bits per heavy atom. The second-order valence-electron chi connectivity index (χ2n) is 3.89. The van der Waals surface area contributed by atoms with Gasteiger partial charge in [-0.25, -0.2) is 0 Å². The quantitative estimate of drug-likeness (QED) is 0.535. The lowest BCUT2D eigenvalue weighted by Gasteiger charge is -2.28. The number of nitrogens with zero attached hydrogens (tertiary/aromatic N) is 2. The lowest BCUT2D eigenvalue weighted by molar-refractivity contribution is -0.619. The zero-order chi connectivity index (χ0) is 10.8. The first-order chi connectivity index (χ1) is 7.18. The maximum atomic E-state index is 11.5. The van der Waals surface area contributed by atoms with Gasteiger partial charge in [-0.05, 0) is 0 Å². The van der Waals surface area contributed by atoms with E-state index in [4.69, 9.17) is 0 Å². The second-order valence-corrected chi connectivity index (χ2v) is 5.11. The second kappa shape index (κ2) is 4.31. The van der Waals surface area contributed by atoms with Crippen LogP contribution in [0.5, 0.6) is 0 Å². The van der Waals surface area contributed by atoms with E-state index in [1.165, 1.54) is 17.2 Å². The van der Waals surface area contributed by atoms with Crippen LogP contribution in [0.4, 0.5) is 5.69 Å². The fourth-order valence-electron chi connectivity index (χ4n) is 1.87. The molecule has 1 aromatic rings. The molecule has 0 spiro atoms. The molecular formula is C11H16N2OS. The lowest BCUT2D eigenvalue weighted by atomic mass is 10.2. The molecule has 0 aliphatic carbocycles. The van der Waals surface area contributed by atoms with Crippen molar-refractivity contribution in [3.8, 4) is 0 Å². The maximum Gasteiger partial charge on any atom is 0.191 e. The SMILES string of the molecule is Cc1cc(N2CCSCC2)cc(C)[n+]1[O-]. The van der Waals surface area contributed by atoms with E-state index in [0.29, 0.717) is 0 Å². The van der Waals surface area contributed by atoms with E-state index >= 15 is 0 Å². The Kier molecular flexibility index (Phi) is 3.05. The third-order valence-corrected chi connectivity index (χ3v) is 3.67. The summed E-state index contributed by atoms with van der Waals surface area (Å²) in [6.45, 7) is 5.91. The molecule has 2 heterocycles. The summed E-state index contributed by atoms with van der Waals surface area (Å²) in [6.07, 6.45) is 0. The molecular weight excluding hydrogens is 208 g/mol. The Balaban J connectivity index is 2.27. The summed E-state index contributed by atoms with van der Waals surface area (Å²) in [5.41, 5.74) is 2.75. The van der Waals surface area contributed by atoms with Gasteiger partial charge in [0.25, 0.3) is 0 Å². The van der Waals surface area contributed by atoms with Crippen LogP contribution < -0.4 is 9.63 Å². The molecule has 15 heavy (non-hydrogen) atoms. The first-order valence-corrected chi connectivity index (χ1v) is 6.37. The van der Waals surface area contributed by atoms with Gasteiger partial charge in [-0.3, -0.25) is 0 Å². The highest BCUT2D eigenvalue weighted by Gasteiger charge is 2.14. The highest BCUT2D eigenvalue weighted by molar-refractivity contribution is 7.99. The van der Waals surface area contributed by atoms with Gasteiger partial charge in [0.1, 0.15) is 0 Å². The number of hydrogen-bond donors (Lipinski definition) is 0. The number of aromatic nitrogens is 1. The Labute approximate surface area is 94.7 Å². The van der Waals surface area contributed by atoms with Gasteiger partial charge in [0.2, 0.25) is 0 Å². The molecule has 2 rings (SSSR count). The summed E-state index contributed by atoms with van der Waals surface area (Å²) in [4.78, 5) is 2.36. The van der Waals surface area contributed by atoms with Gasteiger partial charge in [-0.2, -0.15) is 16.5 Å². The van der Waals surface area contributed by atoms with E-state index in [9.17, 15) is 5.21 Å². The maximum absolute atomic E-state index is 11.5. The van der Waals surface area contributed by atoms with Crippen molar-refractivity contribution in [1.29, 1.82) is 0 Å². The van der Waals surface area contributed by atoms with Crippen LogP contribution in [0.25, 0.3) is 0 Å². The minimum absolute atomic E-state index is 0.781. The molecule has 0 bridgehead atoms. The van der Waals surface area contributed by atoms with Gasteiger partial charge in [-0.1, -0.05) is 0 Å². The normalized spacial score (nSPS) is 16.8. The number of pyridine rings is 1. The predicted molar refractivity (Wildman–Crippen MR) is 64.4 cm³/mol. The van der Waals surface area contributed by atoms with Crippen LogP contribution in [0.3, 0.4) is 0 Å². The molecule has 1 aliphatic rings. The van der Waals surface area contributed by atoms with Crippen molar-refractivity contribution in [3.05, 3.63) is 28.7 Å². The van der Waals surface area contributed by atoms with E-state index in [0.717, 1.165) is 29.2 Å². The van der Waals surface area contributed by atoms with Crippen LogP contribution in [0.1, 0.15) is 11.4 Å². The molecule has 4 heteroatoms. The standard InChI is InChI=1S/C11H16N2OS/c1-9-7-11(8-10(2)13(9)14)12-3-5-15-6-4-12/h7-8H,3-6H2,1-2H3. The van der Waals surface area contributed by atoms with Crippen molar-refractivity contribution < 1.29 is 4.73 Å². The number of aryl methyl sites for hydroxylation is 2.